The van der Waals surface area contributed by atoms with E-state index in [9.17, 15) is 9.59 Å². The molecule has 1 heterocycles. The number of nitrogens with zero attached hydrogens (tertiary/aromatic N) is 2. The molecule has 3 rings (SSSR count). The van der Waals surface area contributed by atoms with Crippen LogP contribution in [0.4, 0.5) is 17.1 Å². The summed E-state index contributed by atoms with van der Waals surface area (Å²) in [4.78, 5) is 29.5. The van der Waals surface area contributed by atoms with Crippen molar-refractivity contribution in [3.8, 4) is 0 Å². The van der Waals surface area contributed by atoms with Gasteiger partial charge < -0.3 is 20.9 Å². The van der Waals surface area contributed by atoms with Gasteiger partial charge in [0.05, 0.1) is 11.4 Å². The van der Waals surface area contributed by atoms with Gasteiger partial charge >= 0.3 is 0 Å². The smallest absolute Gasteiger partial charge is 0.224 e. The lowest BCUT2D eigenvalue weighted by Crippen LogP contribution is -2.45. The second-order valence-electron chi connectivity index (χ2n) is 8.28. The zero-order valence-electron chi connectivity index (χ0n) is 18.5. The van der Waals surface area contributed by atoms with Crippen molar-refractivity contribution in [1.29, 1.82) is 0 Å². The molecule has 0 saturated carbocycles. The predicted octanol–water partition coefficient (Wildman–Crippen LogP) is 4.18. The van der Waals surface area contributed by atoms with Crippen LogP contribution in [-0.2, 0) is 4.79 Å². The molecule has 1 saturated heterocycles. The minimum absolute atomic E-state index is 0.0184. The highest BCUT2D eigenvalue weighted by atomic mass is 16.1. The Hall–Kier alpha value is -2.86. The first-order valence-corrected chi connectivity index (χ1v) is 11.2. The number of Topliss-reactive ketones (excluding diaryl/α,β-unsaturated/α-hetero) is 1. The maximum Gasteiger partial charge on any atom is 0.224 e. The average Bonchev–Trinajstić information content (AvgIpc) is 2.78. The number of nitrogen functional groups attached to an aromatic ring is 1. The lowest BCUT2D eigenvalue weighted by atomic mass is 10.0. The van der Waals surface area contributed by atoms with E-state index in [4.69, 9.17) is 5.73 Å². The fourth-order valence-corrected chi connectivity index (χ4v) is 3.92. The summed E-state index contributed by atoms with van der Waals surface area (Å²) in [5, 5.41) is 2.86. The number of carbonyl (C=O) groups excluding carboxylic acids is 2. The molecule has 0 aliphatic carbocycles. The summed E-state index contributed by atoms with van der Waals surface area (Å²) in [6, 6.07) is 15.3. The average molecular weight is 423 g/mol. The molecule has 0 bridgehead atoms. The van der Waals surface area contributed by atoms with Crippen LogP contribution < -0.4 is 16.0 Å². The zero-order valence-corrected chi connectivity index (χ0v) is 18.5. The van der Waals surface area contributed by atoms with Gasteiger partial charge in [-0.3, -0.25) is 9.59 Å². The van der Waals surface area contributed by atoms with E-state index < -0.39 is 0 Å². The Bertz CT molecular complexity index is 875. The quantitative estimate of drug-likeness (QED) is 0.341. The van der Waals surface area contributed by atoms with Gasteiger partial charge in [-0.15, -0.1) is 0 Å². The van der Waals surface area contributed by atoms with Gasteiger partial charge in [0.2, 0.25) is 5.91 Å². The van der Waals surface area contributed by atoms with Gasteiger partial charge in [-0.1, -0.05) is 37.1 Å². The molecule has 0 atom stereocenters. The van der Waals surface area contributed by atoms with Crippen LogP contribution in [-0.4, -0.2) is 49.8 Å². The van der Waals surface area contributed by atoms with E-state index in [1.807, 2.05) is 30.3 Å². The number of anilines is 3. The minimum atomic E-state index is -0.0184. The second kappa shape index (κ2) is 11.5. The van der Waals surface area contributed by atoms with E-state index >= 15 is 0 Å². The van der Waals surface area contributed by atoms with E-state index in [1.165, 1.54) is 0 Å². The van der Waals surface area contributed by atoms with E-state index in [0.717, 1.165) is 63.1 Å². The van der Waals surface area contributed by atoms with Gasteiger partial charge in [-0.2, -0.15) is 0 Å². The van der Waals surface area contributed by atoms with Gasteiger partial charge in [0.25, 0.3) is 0 Å². The number of piperazine rings is 1. The van der Waals surface area contributed by atoms with Crippen molar-refractivity contribution >= 4 is 28.8 Å². The molecule has 2 aromatic rings. The number of hydrogen-bond acceptors (Lipinski definition) is 5. The van der Waals surface area contributed by atoms with Crippen molar-refractivity contribution in [2.24, 2.45) is 0 Å². The van der Waals surface area contributed by atoms with Crippen molar-refractivity contribution in [2.75, 3.05) is 49.2 Å². The number of ketones is 1. The Morgan fingerprint density at radius 3 is 2.26 bits per heavy atom. The third-order valence-corrected chi connectivity index (χ3v) is 5.84. The monoisotopic (exact) mass is 422 g/mol. The molecule has 1 aliphatic rings. The number of rotatable bonds is 10. The Morgan fingerprint density at radius 2 is 1.52 bits per heavy atom. The highest BCUT2D eigenvalue weighted by Crippen LogP contribution is 2.24. The number of nitrogens with one attached hydrogen (secondary N) is 1. The number of nitrogens with two attached hydrogens (primary N) is 1. The first-order chi connectivity index (χ1) is 15.0. The molecule has 0 spiro atoms. The number of amides is 1. The molecular weight excluding hydrogens is 388 g/mol. The molecule has 0 radical (unpaired) electrons. The van der Waals surface area contributed by atoms with Gasteiger partial charge in [-0.05, 0) is 44.2 Å². The van der Waals surface area contributed by atoms with Crippen LogP contribution in [0.5, 0.6) is 0 Å². The zero-order chi connectivity index (χ0) is 22.1. The van der Waals surface area contributed by atoms with Crippen LogP contribution in [0.15, 0.2) is 48.5 Å². The molecule has 31 heavy (non-hydrogen) atoms. The molecule has 166 valence electrons. The van der Waals surface area contributed by atoms with Crippen LogP contribution in [0.1, 0.15) is 48.9 Å². The normalized spacial score (nSPS) is 14.4. The summed E-state index contributed by atoms with van der Waals surface area (Å²) >= 11 is 0. The molecule has 0 aromatic heterocycles. The molecule has 2 aromatic carbocycles. The Kier molecular flexibility index (Phi) is 8.47. The molecule has 0 unspecified atom stereocenters. The number of likely N-dealkylation sites (N-methyl/N-ethyl adjacent to an activating group) is 1. The first kappa shape index (κ1) is 22.8. The molecular formula is C25H34N4O2. The molecule has 1 aliphatic heterocycles. The highest BCUT2D eigenvalue weighted by Gasteiger charge is 2.19. The number of benzene rings is 2. The molecule has 1 fully saturated rings. The van der Waals surface area contributed by atoms with Crippen molar-refractivity contribution < 1.29 is 9.59 Å². The van der Waals surface area contributed by atoms with Crippen molar-refractivity contribution in [2.45, 2.75) is 38.5 Å². The third kappa shape index (κ3) is 6.82. The van der Waals surface area contributed by atoms with Crippen molar-refractivity contribution in [3.05, 3.63) is 54.1 Å². The van der Waals surface area contributed by atoms with Gasteiger partial charge in [0.15, 0.2) is 5.78 Å². The summed E-state index contributed by atoms with van der Waals surface area (Å²) in [5.41, 5.74) is 9.00. The summed E-state index contributed by atoms with van der Waals surface area (Å²) in [7, 11) is 2.13. The molecule has 6 heteroatoms. The van der Waals surface area contributed by atoms with Crippen LogP contribution in [0.2, 0.25) is 0 Å². The number of carbonyl (C=O) groups is 2. The van der Waals surface area contributed by atoms with Crippen LogP contribution >= 0.6 is 0 Å². The number of hydrogen-bond donors (Lipinski definition) is 2. The van der Waals surface area contributed by atoms with Crippen LogP contribution in [0, 0.1) is 0 Å². The van der Waals surface area contributed by atoms with Crippen molar-refractivity contribution in [1.82, 2.24) is 4.90 Å². The molecule has 3 N–H and O–H groups in total. The van der Waals surface area contributed by atoms with E-state index in [-0.39, 0.29) is 11.7 Å². The second-order valence-corrected chi connectivity index (χ2v) is 8.28. The summed E-state index contributed by atoms with van der Waals surface area (Å²) in [5.74, 6) is 0.196. The topological polar surface area (TPSA) is 78.7 Å². The van der Waals surface area contributed by atoms with Crippen molar-refractivity contribution in [3.63, 3.8) is 0 Å². The maximum absolute atomic E-state index is 12.8. The van der Waals surface area contributed by atoms with E-state index in [1.54, 1.807) is 12.1 Å². The van der Waals surface area contributed by atoms with E-state index in [2.05, 4.69) is 28.2 Å². The predicted molar refractivity (Wildman–Crippen MR) is 128 cm³/mol. The third-order valence-electron chi connectivity index (χ3n) is 5.84. The maximum atomic E-state index is 12.8. The number of unbranched alkanes of at least 4 members (excludes halogenated alkanes) is 3. The van der Waals surface area contributed by atoms with Gasteiger partial charge in [0, 0.05) is 50.3 Å². The van der Waals surface area contributed by atoms with Gasteiger partial charge in [-0.25, -0.2) is 0 Å². The number of para-hydroxylation sites is 3. The Morgan fingerprint density at radius 1 is 0.871 bits per heavy atom. The highest BCUT2D eigenvalue weighted by molar-refractivity contribution is 6.01. The standard InChI is InChI=1S/C25H34N4O2/c1-28-16-18-29(19-17-28)23-13-9-6-10-20(23)24(30)14-4-2-3-5-15-25(31)27-22-12-8-7-11-21(22)26/h6-13H,2-5,14-19,26H2,1H3,(H,27,31). The summed E-state index contributed by atoms with van der Waals surface area (Å²) in [6.45, 7) is 3.95. The largest absolute Gasteiger partial charge is 0.397 e. The summed E-state index contributed by atoms with van der Waals surface area (Å²) < 4.78 is 0. The van der Waals surface area contributed by atoms with Crippen LogP contribution in [0.25, 0.3) is 0 Å². The Balaban J connectivity index is 1.37. The lowest BCUT2D eigenvalue weighted by molar-refractivity contribution is -0.116. The fraction of sp³-hybridized carbons (Fsp3) is 0.440. The SMILES string of the molecule is CN1CCN(c2ccccc2C(=O)CCCCCCC(=O)Nc2ccccc2N)CC1. The Labute approximate surface area is 185 Å². The first-order valence-electron chi connectivity index (χ1n) is 11.2. The van der Waals surface area contributed by atoms with Gasteiger partial charge in [0.1, 0.15) is 0 Å². The molecule has 1 amide bonds. The lowest BCUT2D eigenvalue weighted by Gasteiger charge is -2.35. The minimum Gasteiger partial charge on any atom is -0.397 e. The molecule has 6 nitrogen and oxygen atoms in total. The van der Waals surface area contributed by atoms with E-state index in [0.29, 0.717) is 24.2 Å². The summed E-state index contributed by atoms with van der Waals surface area (Å²) in [6.07, 6.45) is 4.56. The van der Waals surface area contributed by atoms with Crippen LogP contribution in [0.3, 0.4) is 0 Å². The fourth-order valence-electron chi connectivity index (χ4n) is 3.92.